The minimum absolute atomic E-state index is 0.0356. The summed E-state index contributed by atoms with van der Waals surface area (Å²) in [5.41, 5.74) is 2.18. The summed E-state index contributed by atoms with van der Waals surface area (Å²) >= 11 is 0. The van der Waals surface area contributed by atoms with Crippen LogP contribution in [-0.4, -0.2) is 42.1 Å². The Bertz CT molecular complexity index is 526. The van der Waals surface area contributed by atoms with Gasteiger partial charge in [-0.15, -0.1) is 0 Å². The lowest BCUT2D eigenvalue weighted by Gasteiger charge is -2.33. The number of hydrogen-bond donors (Lipinski definition) is 1. The van der Waals surface area contributed by atoms with E-state index in [1.54, 1.807) is 7.05 Å². The predicted octanol–water partition coefficient (Wildman–Crippen LogP) is 2.40. The molecule has 1 heterocycles. The predicted molar refractivity (Wildman–Crippen MR) is 82.5 cm³/mol. The number of aryl methyl sites for hydroxylation is 1. The summed E-state index contributed by atoms with van der Waals surface area (Å²) < 4.78 is 5.85. The first-order chi connectivity index (χ1) is 10.5. The van der Waals surface area contributed by atoms with Gasteiger partial charge in [-0.05, 0) is 25.3 Å². The third-order valence-electron chi connectivity index (χ3n) is 4.08. The van der Waals surface area contributed by atoms with Crippen LogP contribution in [0, 0.1) is 12.8 Å². The van der Waals surface area contributed by atoms with Crippen molar-refractivity contribution in [2.45, 2.75) is 32.3 Å². The van der Waals surface area contributed by atoms with Crippen LogP contribution in [0.15, 0.2) is 24.3 Å². The summed E-state index contributed by atoms with van der Waals surface area (Å²) in [6.07, 6.45) is 1.35. The quantitative estimate of drug-likeness (QED) is 0.907. The molecule has 1 aromatic carbocycles. The zero-order valence-corrected chi connectivity index (χ0v) is 13.1. The first kappa shape index (κ1) is 16.5. The summed E-state index contributed by atoms with van der Waals surface area (Å²) in [7, 11) is 1.66. The molecule has 5 heteroatoms. The molecule has 0 aromatic heterocycles. The van der Waals surface area contributed by atoms with Crippen molar-refractivity contribution in [2.24, 2.45) is 5.92 Å². The Kier molecular flexibility index (Phi) is 5.55. The standard InChI is InChI=1S/C17H23NO4/c1-12-5-7-13(8-6-12)16-14(4-3-11-22-16)17(21)18(2)10-9-15(19)20/h5-8,14,16H,3-4,9-11H2,1-2H3,(H,19,20)/t14-,16+/m1/s1. The van der Waals surface area contributed by atoms with E-state index in [0.29, 0.717) is 6.61 Å². The Hall–Kier alpha value is -1.88. The molecule has 0 aliphatic carbocycles. The van der Waals surface area contributed by atoms with Crippen LogP contribution in [0.3, 0.4) is 0 Å². The highest BCUT2D eigenvalue weighted by Gasteiger charge is 2.34. The average molecular weight is 305 g/mol. The van der Waals surface area contributed by atoms with Gasteiger partial charge in [0.2, 0.25) is 5.91 Å². The van der Waals surface area contributed by atoms with E-state index < -0.39 is 5.97 Å². The lowest BCUT2D eigenvalue weighted by atomic mass is 9.88. The number of carbonyl (C=O) groups excluding carboxylic acids is 1. The van der Waals surface area contributed by atoms with E-state index in [1.165, 1.54) is 10.5 Å². The van der Waals surface area contributed by atoms with Crippen LogP contribution < -0.4 is 0 Å². The third-order valence-corrected chi connectivity index (χ3v) is 4.08. The van der Waals surface area contributed by atoms with Crippen molar-refractivity contribution in [1.29, 1.82) is 0 Å². The van der Waals surface area contributed by atoms with Gasteiger partial charge < -0.3 is 14.7 Å². The molecule has 0 saturated carbocycles. The van der Waals surface area contributed by atoms with Gasteiger partial charge in [-0.2, -0.15) is 0 Å². The maximum atomic E-state index is 12.6. The van der Waals surface area contributed by atoms with E-state index in [9.17, 15) is 9.59 Å². The molecule has 1 amide bonds. The van der Waals surface area contributed by atoms with Crippen molar-refractivity contribution in [3.63, 3.8) is 0 Å². The molecular formula is C17H23NO4. The van der Waals surface area contributed by atoms with Gasteiger partial charge >= 0.3 is 5.97 Å². The summed E-state index contributed by atoms with van der Waals surface area (Å²) in [5, 5.41) is 8.75. The second-order valence-electron chi connectivity index (χ2n) is 5.85. The molecule has 1 aliphatic heterocycles. The largest absolute Gasteiger partial charge is 0.481 e. The number of hydrogen-bond acceptors (Lipinski definition) is 3. The normalized spacial score (nSPS) is 21.4. The van der Waals surface area contributed by atoms with Crippen LogP contribution in [0.5, 0.6) is 0 Å². The molecule has 1 saturated heterocycles. The van der Waals surface area contributed by atoms with Crippen LogP contribution >= 0.6 is 0 Å². The molecule has 2 atom stereocenters. The highest BCUT2D eigenvalue weighted by molar-refractivity contribution is 5.80. The first-order valence-corrected chi connectivity index (χ1v) is 7.64. The van der Waals surface area contributed by atoms with Gasteiger partial charge in [-0.3, -0.25) is 9.59 Å². The van der Waals surface area contributed by atoms with Gasteiger partial charge in [0.1, 0.15) is 0 Å². The molecular weight excluding hydrogens is 282 g/mol. The van der Waals surface area contributed by atoms with Gasteiger partial charge in [0.15, 0.2) is 0 Å². The number of carboxylic acids is 1. The smallest absolute Gasteiger partial charge is 0.305 e. The Balaban J connectivity index is 2.10. The molecule has 1 aromatic rings. The molecule has 120 valence electrons. The van der Waals surface area contributed by atoms with E-state index in [0.717, 1.165) is 18.4 Å². The second kappa shape index (κ2) is 7.40. The minimum atomic E-state index is -0.894. The number of amides is 1. The number of aliphatic carboxylic acids is 1. The van der Waals surface area contributed by atoms with E-state index in [4.69, 9.17) is 9.84 Å². The van der Waals surface area contributed by atoms with Crippen molar-refractivity contribution in [3.05, 3.63) is 35.4 Å². The number of benzene rings is 1. The zero-order chi connectivity index (χ0) is 16.1. The molecule has 0 spiro atoms. The zero-order valence-electron chi connectivity index (χ0n) is 13.1. The van der Waals surface area contributed by atoms with Crippen LogP contribution in [0.4, 0.5) is 0 Å². The molecule has 0 bridgehead atoms. The fraction of sp³-hybridized carbons (Fsp3) is 0.529. The fourth-order valence-electron chi connectivity index (χ4n) is 2.78. The van der Waals surface area contributed by atoms with Gasteiger partial charge in [-0.25, -0.2) is 0 Å². The van der Waals surface area contributed by atoms with Gasteiger partial charge in [0.05, 0.1) is 18.4 Å². The van der Waals surface area contributed by atoms with Crippen LogP contribution in [0.1, 0.15) is 36.5 Å². The summed E-state index contributed by atoms with van der Waals surface area (Å²) in [4.78, 5) is 24.8. The van der Waals surface area contributed by atoms with Gasteiger partial charge in [0.25, 0.3) is 0 Å². The SMILES string of the molecule is Cc1ccc([C@@H]2OCCC[C@H]2C(=O)N(C)CCC(=O)O)cc1. The van der Waals surface area contributed by atoms with Crippen molar-refractivity contribution in [1.82, 2.24) is 4.90 Å². The highest BCUT2D eigenvalue weighted by Crippen LogP contribution is 2.34. The Morgan fingerprint density at radius 2 is 2.00 bits per heavy atom. The fourth-order valence-corrected chi connectivity index (χ4v) is 2.78. The van der Waals surface area contributed by atoms with Crippen LogP contribution in [-0.2, 0) is 14.3 Å². The molecule has 5 nitrogen and oxygen atoms in total. The number of carboxylic acid groups (broad SMARTS) is 1. The maximum absolute atomic E-state index is 12.6. The highest BCUT2D eigenvalue weighted by atomic mass is 16.5. The van der Waals surface area contributed by atoms with E-state index in [1.807, 2.05) is 31.2 Å². The lowest BCUT2D eigenvalue weighted by Crippen LogP contribution is -2.39. The monoisotopic (exact) mass is 305 g/mol. The number of rotatable bonds is 5. The maximum Gasteiger partial charge on any atom is 0.305 e. The van der Waals surface area contributed by atoms with Crippen molar-refractivity contribution >= 4 is 11.9 Å². The molecule has 1 N–H and O–H groups in total. The Labute approximate surface area is 130 Å². The summed E-state index contributed by atoms with van der Waals surface area (Å²) in [6, 6.07) is 8.04. The number of carbonyl (C=O) groups is 2. The summed E-state index contributed by atoms with van der Waals surface area (Å²) in [6.45, 7) is 2.90. The number of ether oxygens (including phenoxy) is 1. The van der Waals surface area contributed by atoms with Crippen LogP contribution in [0.2, 0.25) is 0 Å². The van der Waals surface area contributed by atoms with E-state index in [-0.39, 0.29) is 30.9 Å². The Morgan fingerprint density at radius 1 is 1.32 bits per heavy atom. The molecule has 1 aliphatic rings. The van der Waals surface area contributed by atoms with Crippen molar-refractivity contribution in [3.8, 4) is 0 Å². The molecule has 2 rings (SSSR count). The lowest BCUT2D eigenvalue weighted by molar-refractivity contribution is -0.145. The first-order valence-electron chi connectivity index (χ1n) is 7.64. The van der Waals surface area contributed by atoms with Crippen LogP contribution in [0.25, 0.3) is 0 Å². The number of nitrogens with zero attached hydrogens (tertiary/aromatic N) is 1. The molecule has 22 heavy (non-hydrogen) atoms. The van der Waals surface area contributed by atoms with Crippen molar-refractivity contribution < 1.29 is 19.4 Å². The Morgan fingerprint density at radius 3 is 2.64 bits per heavy atom. The average Bonchev–Trinajstić information content (AvgIpc) is 2.52. The minimum Gasteiger partial charge on any atom is -0.481 e. The van der Waals surface area contributed by atoms with Crippen molar-refractivity contribution in [2.75, 3.05) is 20.2 Å². The van der Waals surface area contributed by atoms with E-state index >= 15 is 0 Å². The molecule has 0 radical (unpaired) electrons. The second-order valence-corrected chi connectivity index (χ2v) is 5.85. The summed E-state index contributed by atoms with van der Waals surface area (Å²) in [5.74, 6) is -1.17. The van der Waals surface area contributed by atoms with Gasteiger partial charge in [-0.1, -0.05) is 29.8 Å². The third kappa shape index (κ3) is 4.07. The molecule has 1 fully saturated rings. The molecule has 0 unspecified atom stereocenters. The van der Waals surface area contributed by atoms with E-state index in [2.05, 4.69) is 0 Å². The topological polar surface area (TPSA) is 66.8 Å². The van der Waals surface area contributed by atoms with Gasteiger partial charge in [0, 0.05) is 20.2 Å².